The summed E-state index contributed by atoms with van der Waals surface area (Å²) < 4.78 is 0. The van der Waals surface area contributed by atoms with E-state index in [0.717, 1.165) is 24.7 Å². The van der Waals surface area contributed by atoms with E-state index in [-0.39, 0.29) is 143 Å². The molecule has 0 radical (unpaired) electrons. The average Bonchev–Trinajstić information content (AvgIpc) is 2.69. The van der Waals surface area contributed by atoms with Crippen LogP contribution >= 0.6 is 0 Å². The van der Waals surface area contributed by atoms with Gasteiger partial charge in [-0.15, -0.1) is 24.7 Å². The molecule has 246 valence electrons. The number of rotatable bonds is 4. The number of nitrogens with zero attached hydrogens (tertiary/aromatic N) is 2. The van der Waals surface area contributed by atoms with E-state index in [4.69, 9.17) is 25.5 Å². The molecule has 13 nitrogen and oxygen atoms in total. The smallest absolute Gasteiger partial charge is 0.686 e. The first-order valence-electron chi connectivity index (χ1n) is 8.69. The summed E-state index contributed by atoms with van der Waals surface area (Å²) in [5, 5.41) is 53.0. The van der Waals surface area contributed by atoms with Gasteiger partial charge in [0.2, 0.25) is 0 Å². The minimum atomic E-state index is -1.86. The molecule has 2 aliphatic rings. The van der Waals surface area contributed by atoms with Gasteiger partial charge in [-0.1, -0.05) is 31.4 Å². The number of aliphatic hydroxyl groups excluding tert-OH is 2. The minimum absolute atomic E-state index is 0. The maximum absolute atomic E-state index is 10.6. The molecule has 2 aliphatic heterocycles. The van der Waals surface area contributed by atoms with Crippen molar-refractivity contribution in [3.63, 3.8) is 0 Å². The molecule has 15 N–H and O–H groups in total. The van der Waals surface area contributed by atoms with Crippen molar-refractivity contribution < 1.29 is 157 Å². The van der Waals surface area contributed by atoms with Gasteiger partial charge in [0.1, 0.15) is 0 Å². The second-order valence-electron chi connectivity index (χ2n) is 6.28. The standard InChI is InChI=1S/C10H14N2.C9H10O6.6Ni.5H2O/c1-3-7-11-9(5-1)10-6-2-4-8-12-10;10-7(11)4-1-5(8(12)13)3-6(2-4)9(14)15;;;;;;;;;;;/h1,3,5,7,9-10H,2,4,6,8H2;1-3,7-8,10-13H,(H,14,15);;;;;;;5*1H2/q-2;;;;;;;+2;;;;;. The van der Waals surface area contributed by atoms with Crippen LogP contribution in [0.2, 0.25) is 0 Å². The monoisotopic (exact) mass is 814 g/mol. The van der Waals surface area contributed by atoms with E-state index >= 15 is 0 Å². The average molecular weight is 819 g/mol. The molecule has 2 atom stereocenters. The fourth-order valence-corrected chi connectivity index (χ4v) is 2.84. The third-order valence-corrected chi connectivity index (χ3v) is 4.25. The van der Waals surface area contributed by atoms with Crippen LogP contribution in [0.25, 0.3) is 10.6 Å². The van der Waals surface area contributed by atoms with Crippen LogP contribution in [0.5, 0.6) is 0 Å². The summed E-state index contributed by atoms with van der Waals surface area (Å²) in [7, 11) is 0. The Balaban J connectivity index is -0.0000000403. The van der Waals surface area contributed by atoms with Gasteiger partial charge in [0.05, 0.1) is 5.56 Å². The van der Waals surface area contributed by atoms with E-state index in [1.54, 1.807) is 0 Å². The van der Waals surface area contributed by atoms with E-state index in [2.05, 4.69) is 22.8 Å². The summed E-state index contributed by atoms with van der Waals surface area (Å²) >= 11 is 0. The number of piperidine rings is 1. The Bertz CT molecular complexity index is 688. The molecule has 2 unspecified atom stereocenters. The van der Waals surface area contributed by atoms with Crippen LogP contribution in [-0.4, -0.2) is 77.5 Å². The molecule has 0 bridgehead atoms. The number of aliphatic hydroxyl groups is 4. The first-order chi connectivity index (χ1) is 12.9. The van der Waals surface area contributed by atoms with E-state index < -0.39 is 18.5 Å². The molecule has 19 heteroatoms. The van der Waals surface area contributed by atoms with Gasteiger partial charge < -0.3 is 63.5 Å². The second-order valence-corrected chi connectivity index (χ2v) is 6.28. The van der Waals surface area contributed by atoms with Crippen LogP contribution in [-0.2, 0) is 98.9 Å². The summed E-state index contributed by atoms with van der Waals surface area (Å²) in [6.07, 6.45) is 8.16. The maximum atomic E-state index is 10.6. The summed E-state index contributed by atoms with van der Waals surface area (Å²) in [5.41, 5.74) is -0.472. The number of hydrogen-bond acceptors (Lipinski definition) is 5. The largest absolute Gasteiger partial charge is 2.00 e. The van der Waals surface area contributed by atoms with Crippen LogP contribution in [0.4, 0.5) is 0 Å². The fourth-order valence-electron chi connectivity index (χ4n) is 2.84. The van der Waals surface area contributed by atoms with Crippen LogP contribution < -0.4 is 0 Å². The molecular weight excluding hydrogens is 784 g/mol. The first kappa shape index (κ1) is 66.7. The zero-order chi connectivity index (χ0) is 19.8. The van der Waals surface area contributed by atoms with Crippen molar-refractivity contribution in [1.82, 2.24) is 0 Å². The van der Waals surface area contributed by atoms with Gasteiger partial charge in [-0.25, -0.2) is 4.79 Å². The van der Waals surface area contributed by atoms with Crippen molar-refractivity contribution >= 4 is 5.97 Å². The number of carbonyl (C=O) groups is 1. The quantitative estimate of drug-likeness (QED) is 0.168. The van der Waals surface area contributed by atoms with Crippen LogP contribution in [0.1, 0.15) is 53.3 Å². The van der Waals surface area contributed by atoms with Crippen molar-refractivity contribution in [2.45, 2.75) is 43.9 Å². The van der Waals surface area contributed by atoms with Gasteiger partial charge in [-0.3, -0.25) is 0 Å². The Hall–Kier alpha value is 0.531. The molecule has 0 aromatic heterocycles. The molecule has 38 heavy (non-hydrogen) atoms. The van der Waals surface area contributed by atoms with Gasteiger partial charge >= 0.3 is 22.5 Å². The molecular formula is C19H34N2Ni6O11. The molecule has 0 aliphatic carbocycles. The fraction of sp³-hybridized carbons (Fsp3) is 0.421. The first-order valence-corrected chi connectivity index (χ1v) is 8.69. The number of hydrogen-bond donors (Lipinski definition) is 5. The van der Waals surface area contributed by atoms with Crippen molar-refractivity contribution in [2.24, 2.45) is 0 Å². The molecule has 1 aromatic carbocycles. The third kappa shape index (κ3) is 23.3. The van der Waals surface area contributed by atoms with Gasteiger partial charge in [-0.2, -0.15) is 6.20 Å². The topological polar surface area (TPSA) is 304 Å². The summed E-state index contributed by atoms with van der Waals surface area (Å²) in [4.78, 5) is 10.6. The number of carboxylic acid groups (broad SMARTS) is 1. The maximum Gasteiger partial charge on any atom is 2.00 e. The van der Waals surface area contributed by atoms with Crippen LogP contribution in [0.3, 0.4) is 0 Å². The predicted molar refractivity (Wildman–Crippen MR) is 117 cm³/mol. The summed E-state index contributed by atoms with van der Waals surface area (Å²) in [6, 6.07) is 3.97. The summed E-state index contributed by atoms with van der Waals surface area (Å²) in [6.45, 7) is 1.04. The zero-order valence-electron chi connectivity index (χ0n) is 19.1. The number of benzene rings is 1. The second kappa shape index (κ2) is 35.6. The van der Waals surface area contributed by atoms with Crippen LogP contribution in [0.15, 0.2) is 42.6 Å². The molecule has 2 heterocycles. The van der Waals surface area contributed by atoms with E-state index in [1.165, 1.54) is 19.3 Å². The molecule has 0 saturated carbocycles. The Labute approximate surface area is 281 Å². The Morgan fingerprint density at radius 1 is 0.789 bits per heavy atom. The van der Waals surface area contributed by atoms with E-state index in [1.807, 2.05) is 12.3 Å². The third-order valence-electron chi connectivity index (χ3n) is 4.25. The molecule has 0 spiro atoms. The molecule has 1 saturated heterocycles. The Morgan fingerprint density at radius 2 is 1.26 bits per heavy atom. The molecule has 0 amide bonds. The molecule has 3 rings (SSSR count). The molecule has 1 fully saturated rings. The Morgan fingerprint density at radius 3 is 1.58 bits per heavy atom. The molecule has 1 aromatic rings. The zero-order valence-corrected chi connectivity index (χ0v) is 25.0. The normalized spacial score (nSPS) is 15.3. The summed E-state index contributed by atoms with van der Waals surface area (Å²) in [5.74, 6) is -1.29. The number of aromatic carboxylic acids is 1. The van der Waals surface area contributed by atoms with Crippen molar-refractivity contribution in [1.29, 1.82) is 0 Å². The van der Waals surface area contributed by atoms with Crippen molar-refractivity contribution in [3.8, 4) is 0 Å². The van der Waals surface area contributed by atoms with Crippen LogP contribution in [0, 0.1) is 0 Å². The SMILES string of the molecule is C1=C[N-]C(C2CCCC[N-]2)C=C1.O.O.O.O.O.O=C(O)c1cc(C(O)O)cc(C(O)O)c1.[Ni+2].[Ni].[Ni].[Ni].[Ni].[Ni]. The number of allylic oxidation sites excluding steroid dienone is 2. The van der Waals surface area contributed by atoms with E-state index in [0.29, 0.717) is 12.1 Å². The van der Waals surface area contributed by atoms with Gasteiger partial charge in [0.25, 0.3) is 0 Å². The van der Waals surface area contributed by atoms with Crippen molar-refractivity contribution in [3.05, 3.63) is 70.0 Å². The van der Waals surface area contributed by atoms with Gasteiger partial charge in [0, 0.05) is 93.6 Å². The number of carboxylic acids is 1. The van der Waals surface area contributed by atoms with E-state index in [9.17, 15) is 4.79 Å². The Kier molecular flexibility index (Phi) is 62.4. The van der Waals surface area contributed by atoms with Gasteiger partial charge in [0.15, 0.2) is 12.6 Å². The predicted octanol–water partition coefficient (Wildman–Crippen LogP) is -2.05. The van der Waals surface area contributed by atoms with Crippen molar-refractivity contribution in [2.75, 3.05) is 6.54 Å². The minimum Gasteiger partial charge on any atom is -0.686 e. The van der Waals surface area contributed by atoms with Gasteiger partial charge in [-0.05, 0) is 18.2 Å².